The van der Waals surface area contributed by atoms with Crippen LogP contribution in [-0.2, 0) is 4.79 Å². The minimum Gasteiger partial charge on any atom is -0.480 e. The number of nitrogens with zero attached hydrogens (tertiary/aromatic N) is 1. The molecule has 1 saturated carbocycles. The molecule has 22 heavy (non-hydrogen) atoms. The second-order valence-corrected chi connectivity index (χ2v) is 5.66. The normalized spacial score (nSPS) is 16.8. The van der Waals surface area contributed by atoms with Gasteiger partial charge in [0.05, 0.1) is 4.92 Å². The molecule has 118 valence electrons. The van der Waals surface area contributed by atoms with Crippen molar-refractivity contribution in [3.8, 4) is 0 Å². The predicted octanol–water partition coefficient (Wildman–Crippen LogP) is 2.42. The van der Waals surface area contributed by atoms with Gasteiger partial charge in [-0.2, -0.15) is 0 Å². The van der Waals surface area contributed by atoms with Gasteiger partial charge in [0.25, 0.3) is 11.6 Å². The fraction of sp³-hybridized carbons (Fsp3) is 0.467. The number of nitrogens with one attached hydrogen (secondary N) is 1. The van der Waals surface area contributed by atoms with Gasteiger partial charge in [-0.05, 0) is 25.8 Å². The number of carbonyl (C=O) groups is 2. The van der Waals surface area contributed by atoms with E-state index < -0.39 is 22.3 Å². The van der Waals surface area contributed by atoms with Crippen LogP contribution in [0.1, 0.15) is 48.0 Å². The Hall–Kier alpha value is -2.44. The van der Waals surface area contributed by atoms with E-state index in [1.54, 1.807) is 6.92 Å². The highest BCUT2D eigenvalue weighted by molar-refractivity contribution is 5.98. The van der Waals surface area contributed by atoms with Crippen LogP contribution < -0.4 is 5.32 Å². The zero-order chi connectivity index (χ0) is 16.3. The van der Waals surface area contributed by atoms with Crippen molar-refractivity contribution in [2.45, 2.75) is 44.6 Å². The quantitative estimate of drug-likeness (QED) is 0.655. The first-order valence-corrected chi connectivity index (χ1v) is 7.17. The lowest BCUT2D eigenvalue weighted by Crippen LogP contribution is -2.55. The van der Waals surface area contributed by atoms with Gasteiger partial charge in [-0.15, -0.1) is 0 Å². The molecule has 1 aromatic carbocycles. The van der Waals surface area contributed by atoms with E-state index in [-0.39, 0.29) is 11.3 Å². The maximum absolute atomic E-state index is 12.3. The van der Waals surface area contributed by atoms with E-state index in [2.05, 4.69) is 5.32 Å². The molecule has 0 bridgehead atoms. The van der Waals surface area contributed by atoms with Crippen LogP contribution in [0.5, 0.6) is 0 Å². The molecule has 0 radical (unpaired) electrons. The van der Waals surface area contributed by atoms with Crippen LogP contribution in [0.15, 0.2) is 18.2 Å². The molecule has 0 heterocycles. The van der Waals surface area contributed by atoms with E-state index in [0.717, 1.165) is 19.3 Å². The van der Waals surface area contributed by atoms with Crippen LogP contribution in [0.2, 0.25) is 0 Å². The highest BCUT2D eigenvalue weighted by atomic mass is 16.6. The van der Waals surface area contributed by atoms with Crippen LogP contribution >= 0.6 is 0 Å². The SMILES string of the molecule is Cc1ccc(C(=O)NC2(C(=O)O)CCCCC2)cc1[N+](=O)[O-]. The third kappa shape index (κ3) is 3.08. The summed E-state index contributed by atoms with van der Waals surface area (Å²) in [6.07, 6.45) is 3.17. The molecule has 0 atom stereocenters. The van der Waals surface area contributed by atoms with Gasteiger partial charge in [0.1, 0.15) is 5.54 Å². The molecule has 0 aliphatic heterocycles. The first kappa shape index (κ1) is 15.9. The van der Waals surface area contributed by atoms with Crippen molar-refractivity contribution in [3.63, 3.8) is 0 Å². The van der Waals surface area contributed by atoms with Crippen molar-refractivity contribution in [2.24, 2.45) is 0 Å². The van der Waals surface area contributed by atoms with Gasteiger partial charge < -0.3 is 10.4 Å². The number of nitro groups is 1. The number of hydrogen-bond donors (Lipinski definition) is 2. The van der Waals surface area contributed by atoms with Crippen LogP contribution in [0.3, 0.4) is 0 Å². The molecule has 1 amide bonds. The van der Waals surface area contributed by atoms with E-state index in [0.29, 0.717) is 18.4 Å². The summed E-state index contributed by atoms with van der Waals surface area (Å²) in [5.74, 6) is -1.64. The molecule has 0 spiro atoms. The summed E-state index contributed by atoms with van der Waals surface area (Å²) < 4.78 is 0. The van der Waals surface area contributed by atoms with Crippen molar-refractivity contribution in [2.75, 3.05) is 0 Å². The Bertz CT molecular complexity index is 620. The smallest absolute Gasteiger partial charge is 0.329 e. The summed E-state index contributed by atoms with van der Waals surface area (Å²) in [5.41, 5.74) is -0.869. The van der Waals surface area contributed by atoms with Crippen LogP contribution in [-0.4, -0.2) is 27.4 Å². The van der Waals surface area contributed by atoms with Gasteiger partial charge in [-0.25, -0.2) is 4.79 Å². The van der Waals surface area contributed by atoms with Gasteiger partial charge in [0, 0.05) is 17.2 Å². The molecule has 7 nitrogen and oxygen atoms in total. The molecule has 1 aliphatic carbocycles. The number of benzene rings is 1. The largest absolute Gasteiger partial charge is 0.480 e. The van der Waals surface area contributed by atoms with Gasteiger partial charge in [0.2, 0.25) is 0 Å². The topological polar surface area (TPSA) is 110 Å². The lowest BCUT2D eigenvalue weighted by molar-refractivity contribution is -0.385. The molecule has 1 aromatic rings. The fourth-order valence-electron chi connectivity index (χ4n) is 2.78. The summed E-state index contributed by atoms with van der Waals surface area (Å²) in [6.45, 7) is 1.58. The van der Waals surface area contributed by atoms with Crippen molar-refractivity contribution in [1.82, 2.24) is 5.32 Å². The van der Waals surface area contributed by atoms with Crippen LogP contribution in [0.4, 0.5) is 5.69 Å². The third-order valence-electron chi connectivity index (χ3n) is 4.14. The Kier molecular flexibility index (Phi) is 4.44. The first-order chi connectivity index (χ1) is 10.4. The summed E-state index contributed by atoms with van der Waals surface area (Å²) in [4.78, 5) is 34.2. The maximum Gasteiger partial charge on any atom is 0.329 e. The molecule has 2 N–H and O–H groups in total. The van der Waals surface area contributed by atoms with E-state index in [1.807, 2.05) is 0 Å². The molecule has 0 aromatic heterocycles. The van der Waals surface area contributed by atoms with Gasteiger partial charge in [-0.1, -0.05) is 25.3 Å². The number of hydrogen-bond acceptors (Lipinski definition) is 4. The molecule has 1 fully saturated rings. The Morgan fingerprint density at radius 1 is 1.27 bits per heavy atom. The van der Waals surface area contributed by atoms with Crippen molar-refractivity contribution >= 4 is 17.6 Å². The standard InChI is InChI=1S/C15H18N2O5/c1-10-5-6-11(9-12(10)17(21)22)13(18)16-15(14(19)20)7-3-2-4-8-15/h5-6,9H,2-4,7-8H2,1H3,(H,16,18)(H,19,20). The van der Waals surface area contributed by atoms with Crippen molar-refractivity contribution in [1.29, 1.82) is 0 Å². The minimum atomic E-state index is -1.27. The fourth-order valence-corrected chi connectivity index (χ4v) is 2.78. The number of rotatable bonds is 4. The van der Waals surface area contributed by atoms with E-state index in [1.165, 1.54) is 18.2 Å². The highest BCUT2D eigenvalue weighted by Crippen LogP contribution is 2.29. The number of carboxylic acids is 1. The number of aryl methyl sites for hydroxylation is 1. The Morgan fingerprint density at radius 3 is 2.45 bits per heavy atom. The molecule has 0 unspecified atom stereocenters. The molecule has 1 aliphatic rings. The number of carboxylic acid groups (broad SMARTS) is 1. The number of amides is 1. The monoisotopic (exact) mass is 306 g/mol. The Labute approximate surface area is 127 Å². The van der Waals surface area contributed by atoms with Crippen molar-refractivity contribution in [3.05, 3.63) is 39.4 Å². The number of aliphatic carboxylic acids is 1. The lowest BCUT2D eigenvalue weighted by Gasteiger charge is -2.33. The van der Waals surface area contributed by atoms with E-state index in [4.69, 9.17) is 0 Å². The van der Waals surface area contributed by atoms with Crippen LogP contribution in [0.25, 0.3) is 0 Å². The Morgan fingerprint density at radius 2 is 1.91 bits per heavy atom. The summed E-state index contributed by atoms with van der Waals surface area (Å²) in [7, 11) is 0. The zero-order valence-corrected chi connectivity index (χ0v) is 12.3. The molecule has 2 rings (SSSR count). The lowest BCUT2D eigenvalue weighted by atomic mass is 9.81. The molecular formula is C15H18N2O5. The average Bonchev–Trinajstić information content (AvgIpc) is 2.48. The minimum absolute atomic E-state index is 0.100. The molecular weight excluding hydrogens is 288 g/mol. The highest BCUT2D eigenvalue weighted by Gasteiger charge is 2.41. The maximum atomic E-state index is 12.3. The van der Waals surface area contributed by atoms with Gasteiger partial charge >= 0.3 is 5.97 Å². The summed E-state index contributed by atoms with van der Waals surface area (Å²) in [5, 5.41) is 23.0. The Balaban J connectivity index is 2.26. The van der Waals surface area contributed by atoms with Gasteiger partial charge in [-0.3, -0.25) is 14.9 Å². The average molecular weight is 306 g/mol. The second kappa shape index (κ2) is 6.13. The predicted molar refractivity (Wildman–Crippen MR) is 78.8 cm³/mol. The summed E-state index contributed by atoms with van der Waals surface area (Å²) >= 11 is 0. The van der Waals surface area contributed by atoms with Crippen LogP contribution in [0, 0.1) is 17.0 Å². The molecule has 0 saturated heterocycles. The van der Waals surface area contributed by atoms with E-state index >= 15 is 0 Å². The van der Waals surface area contributed by atoms with Crippen molar-refractivity contribution < 1.29 is 19.6 Å². The zero-order valence-electron chi connectivity index (χ0n) is 12.3. The van der Waals surface area contributed by atoms with E-state index in [9.17, 15) is 24.8 Å². The number of nitro benzene ring substituents is 1. The van der Waals surface area contributed by atoms with Gasteiger partial charge in [0.15, 0.2) is 0 Å². The number of carbonyl (C=O) groups excluding carboxylic acids is 1. The first-order valence-electron chi connectivity index (χ1n) is 7.17. The second-order valence-electron chi connectivity index (χ2n) is 5.66. The molecule has 7 heteroatoms. The summed E-state index contributed by atoms with van der Waals surface area (Å²) in [6, 6.07) is 4.14. The third-order valence-corrected chi connectivity index (χ3v) is 4.14.